The Bertz CT molecular complexity index is 277. The molecule has 0 saturated heterocycles. The van der Waals surface area contributed by atoms with Gasteiger partial charge in [-0.15, -0.1) is 0 Å². The first-order valence-corrected chi connectivity index (χ1v) is 8.37. The van der Waals surface area contributed by atoms with Crippen LogP contribution in [0.2, 0.25) is 0 Å². The van der Waals surface area contributed by atoms with E-state index in [-0.39, 0.29) is 0 Å². The molecule has 3 unspecified atom stereocenters. The third kappa shape index (κ3) is 3.95. The molecule has 0 aromatic heterocycles. The van der Waals surface area contributed by atoms with Crippen LogP contribution in [0.1, 0.15) is 59.8 Å². The molecule has 2 saturated carbocycles. The van der Waals surface area contributed by atoms with Crippen molar-refractivity contribution in [2.24, 2.45) is 17.3 Å². The summed E-state index contributed by atoms with van der Waals surface area (Å²) in [6, 6.07) is 1.46. The van der Waals surface area contributed by atoms with Gasteiger partial charge in [-0.25, -0.2) is 0 Å². The Hall–Kier alpha value is -0.0800. The average Bonchev–Trinajstić information content (AvgIpc) is 3.18. The first-order chi connectivity index (χ1) is 8.95. The lowest BCUT2D eigenvalue weighted by Gasteiger charge is -2.46. The van der Waals surface area contributed by atoms with Crippen LogP contribution in [0.4, 0.5) is 0 Å². The summed E-state index contributed by atoms with van der Waals surface area (Å²) in [6.07, 6.45) is 7.07. The topological polar surface area (TPSA) is 15.3 Å². The summed E-state index contributed by atoms with van der Waals surface area (Å²) >= 11 is 0. The van der Waals surface area contributed by atoms with E-state index in [1.165, 1.54) is 45.2 Å². The minimum absolute atomic E-state index is 0.468. The van der Waals surface area contributed by atoms with Crippen molar-refractivity contribution >= 4 is 0 Å². The molecule has 2 nitrogen and oxygen atoms in total. The highest BCUT2D eigenvalue weighted by molar-refractivity contribution is 4.94. The van der Waals surface area contributed by atoms with E-state index in [1.807, 2.05) is 0 Å². The van der Waals surface area contributed by atoms with Crippen molar-refractivity contribution < 1.29 is 0 Å². The second-order valence-electron chi connectivity index (χ2n) is 7.87. The normalized spacial score (nSPS) is 32.8. The minimum Gasteiger partial charge on any atom is -0.315 e. The van der Waals surface area contributed by atoms with Crippen LogP contribution in [0, 0.1) is 17.3 Å². The lowest BCUT2D eigenvalue weighted by molar-refractivity contribution is 0.0605. The predicted molar refractivity (Wildman–Crippen MR) is 83.4 cm³/mol. The quantitative estimate of drug-likeness (QED) is 0.819. The summed E-state index contributed by atoms with van der Waals surface area (Å²) < 4.78 is 0. The molecule has 1 N–H and O–H groups in total. The Morgan fingerprint density at radius 1 is 1.11 bits per heavy atom. The van der Waals surface area contributed by atoms with Gasteiger partial charge in [0.2, 0.25) is 0 Å². The van der Waals surface area contributed by atoms with Crippen LogP contribution in [0.25, 0.3) is 0 Å². The molecule has 3 atom stereocenters. The molecule has 2 fully saturated rings. The standard InChI is InChI=1S/C17H34N2/c1-6-19(12-13-7-8-13)16-11-14(17(2,3)4)9-10-15(16)18-5/h13-16,18H,6-12H2,1-5H3. The largest absolute Gasteiger partial charge is 0.315 e. The molecule has 2 aliphatic carbocycles. The van der Waals surface area contributed by atoms with E-state index in [9.17, 15) is 0 Å². The Labute approximate surface area is 120 Å². The third-order valence-electron chi connectivity index (χ3n) is 5.48. The fraction of sp³-hybridized carbons (Fsp3) is 1.00. The molecule has 0 bridgehead atoms. The maximum absolute atomic E-state index is 3.59. The fourth-order valence-electron chi connectivity index (χ4n) is 3.80. The summed E-state index contributed by atoms with van der Waals surface area (Å²) in [5, 5.41) is 3.59. The van der Waals surface area contributed by atoms with Crippen LogP contribution in [-0.2, 0) is 0 Å². The Morgan fingerprint density at radius 3 is 2.26 bits per heavy atom. The molecule has 19 heavy (non-hydrogen) atoms. The fourth-order valence-corrected chi connectivity index (χ4v) is 3.80. The lowest BCUT2D eigenvalue weighted by atomic mass is 9.69. The van der Waals surface area contributed by atoms with Crippen LogP contribution in [0.5, 0.6) is 0 Å². The Morgan fingerprint density at radius 2 is 1.79 bits per heavy atom. The number of likely N-dealkylation sites (N-methyl/N-ethyl adjacent to an activating group) is 2. The second-order valence-corrected chi connectivity index (χ2v) is 7.87. The number of hydrogen-bond acceptors (Lipinski definition) is 2. The van der Waals surface area contributed by atoms with E-state index < -0.39 is 0 Å². The molecule has 2 rings (SSSR count). The zero-order valence-electron chi connectivity index (χ0n) is 13.7. The van der Waals surface area contributed by atoms with E-state index in [2.05, 4.69) is 45.0 Å². The number of nitrogens with zero attached hydrogens (tertiary/aromatic N) is 1. The van der Waals surface area contributed by atoms with E-state index >= 15 is 0 Å². The second kappa shape index (κ2) is 6.13. The lowest BCUT2D eigenvalue weighted by Crippen LogP contribution is -2.54. The first kappa shape index (κ1) is 15.3. The van der Waals surface area contributed by atoms with Crippen molar-refractivity contribution in [1.82, 2.24) is 10.2 Å². The van der Waals surface area contributed by atoms with Gasteiger partial charge >= 0.3 is 0 Å². The summed E-state index contributed by atoms with van der Waals surface area (Å²) in [6.45, 7) is 12.2. The highest BCUT2D eigenvalue weighted by Gasteiger charge is 2.38. The van der Waals surface area contributed by atoms with Crippen molar-refractivity contribution in [2.45, 2.75) is 71.9 Å². The summed E-state index contributed by atoms with van der Waals surface area (Å²) in [7, 11) is 2.15. The third-order valence-corrected chi connectivity index (χ3v) is 5.48. The van der Waals surface area contributed by atoms with Gasteiger partial charge in [0.25, 0.3) is 0 Å². The van der Waals surface area contributed by atoms with Gasteiger partial charge in [-0.3, -0.25) is 4.90 Å². The number of hydrogen-bond donors (Lipinski definition) is 1. The van der Waals surface area contributed by atoms with Crippen molar-refractivity contribution in [2.75, 3.05) is 20.1 Å². The van der Waals surface area contributed by atoms with Crippen LogP contribution in [-0.4, -0.2) is 37.1 Å². The number of nitrogens with one attached hydrogen (secondary N) is 1. The highest BCUT2D eigenvalue weighted by Crippen LogP contribution is 2.40. The van der Waals surface area contributed by atoms with Gasteiger partial charge in [0, 0.05) is 18.6 Å². The van der Waals surface area contributed by atoms with Gasteiger partial charge in [-0.05, 0) is 62.9 Å². The Balaban J connectivity index is 2.02. The smallest absolute Gasteiger partial charge is 0.0252 e. The first-order valence-electron chi connectivity index (χ1n) is 8.37. The van der Waals surface area contributed by atoms with E-state index in [0.717, 1.165) is 17.9 Å². The monoisotopic (exact) mass is 266 g/mol. The van der Waals surface area contributed by atoms with Crippen LogP contribution >= 0.6 is 0 Å². The molecule has 0 aromatic rings. The molecule has 2 aliphatic rings. The van der Waals surface area contributed by atoms with Gasteiger partial charge in [0.1, 0.15) is 0 Å². The van der Waals surface area contributed by atoms with Crippen molar-refractivity contribution in [3.05, 3.63) is 0 Å². The summed E-state index contributed by atoms with van der Waals surface area (Å²) in [4.78, 5) is 2.77. The maximum atomic E-state index is 3.59. The van der Waals surface area contributed by atoms with Crippen LogP contribution < -0.4 is 5.32 Å². The molecular formula is C17H34N2. The molecule has 112 valence electrons. The Kier molecular flexibility index (Phi) is 4.94. The van der Waals surface area contributed by atoms with Crippen LogP contribution in [0.15, 0.2) is 0 Å². The molecule has 0 heterocycles. The highest BCUT2D eigenvalue weighted by atomic mass is 15.2. The molecule has 0 aliphatic heterocycles. The SMILES string of the molecule is CCN(CC1CC1)C1CC(C(C)(C)C)CCC1NC. The predicted octanol–water partition coefficient (Wildman–Crippen LogP) is 3.52. The van der Waals surface area contributed by atoms with E-state index in [4.69, 9.17) is 0 Å². The van der Waals surface area contributed by atoms with Gasteiger partial charge in [-0.1, -0.05) is 27.7 Å². The van der Waals surface area contributed by atoms with Crippen molar-refractivity contribution in [3.63, 3.8) is 0 Å². The molecule has 0 radical (unpaired) electrons. The van der Waals surface area contributed by atoms with Gasteiger partial charge in [0.05, 0.1) is 0 Å². The van der Waals surface area contributed by atoms with Gasteiger partial charge in [-0.2, -0.15) is 0 Å². The average molecular weight is 266 g/mol. The molecule has 0 spiro atoms. The molecule has 2 heteroatoms. The molecular weight excluding hydrogens is 232 g/mol. The minimum atomic E-state index is 0.468. The summed E-state index contributed by atoms with van der Waals surface area (Å²) in [5.74, 6) is 1.89. The zero-order chi connectivity index (χ0) is 14.0. The van der Waals surface area contributed by atoms with Gasteiger partial charge in [0.15, 0.2) is 0 Å². The van der Waals surface area contributed by atoms with Gasteiger partial charge < -0.3 is 5.32 Å². The maximum Gasteiger partial charge on any atom is 0.0252 e. The summed E-state index contributed by atoms with van der Waals surface area (Å²) in [5.41, 5.74) is 0.468. The zero-order valence-corrected chi connectivity index (χ0v) is 13.7. The molecule has 0 aromatic carbocycles. The van der Waals surface area contributed by atoms with E-state index in [0.29, 0.717) is 11.5 Å². The number of rotatable bonds is 5. The van der Waals surface area contributed by atoms with Crippen LogP contribution in [0.3, 0.4) is 0 Å². The van der Waals surface area contributed by atoms with Crippen molar-refractivity contribution in [1.29, 1.82) is 0 Å². The van der Waals surface area contributed by atoms with E-state index in [1.54, 1.807) is 0 Å². The van der Waals surface area contributed by atoms with Crippen molar-refractivity contribution in [3.8, 4) is 0 Å². The molecule has 0 amide bonds.